The Bertz CT molecular complexity index is 365. The van der Waals surface area contributed by atoms with E-state index in [1.54, 1.807) is 11.8 Å². The number of ketones is 1. The Balaban J connectivity index is 2.57. The van der Waals surface area contributed by atoms with Crippen LogP contribution in [0.25, 0.3) is 0 Å². The van der Waals surface area contributed by atoms with Crippen LogP contribution in [0.1, 0.15) is 35.7 Å². The van der Waals surface area contributed by atoms with Crippen molar-refractivity contribution < 1.29 is 4.79 Å². The normalized spacial score (nSPS) is 10.1. The predicted octanol–water partition coefficient (Wildman–Crippen LogP) is 4.22. The SMILES string of the molecule is C=C(SCCCC)C(=O)c1ccc(C)cc1. The molecule has 0 aliphatic carbocycles. The summed E-state index contributed by atoms with van der Waals surface area (Å²) < 4.78 is 0. The maximum absolute atomic E-state index is 11.9. The summed E-state index contributed by atoms with van der Waals surface area (Å²) in [4.78, 5) is 12.6. The molecule has 0 spiro atoms. The average Bonchev–Trinajstić information content (AvgIpc) is 2.29. The number of Topliss-reactive ketones (excluding diaryl/α,β-unsaturated/α-hetero) is 1. The van der Waals surface area contributed by atoms with Gasteiger partial charge in [-0.1, -0.05) is 49.8 Å². The average molecular weight is 234 g/mol. The molecule has 0 bridgehead atoms. The molecule has 86 valence electrons. The zero-order chi connectivity index (χ0) is 12.0. The van der Waals surface area contributed by atoms with E-state index in [1.165, 1.54) is 5.56 Å². The summed E-state index contributed by atoms with van der Waals surface area (Å²) in [7, 11) is 0. The maximum atomic E-state index is 11.9. The highest BCUT2D eigenvalue weighted by molar-refractivity contribution is 8.04. The topological polar surface area (TPSA) is 17.1 Å². The third kappa shape index (κ3) is 3.86. The molecule has 16 heavy (non-hydrogen) atoms. The van der Waals surface area contributed by atoms with E-state index in [0.717, 1.165) is 24.2 Å². The second-order valence-electron chi connectivity index (χ2n) is 3.82. The molecule has 0 fully saturated rings. The van der Waals surface area contributed by atoms with E-state index >= 15 is 0 Å². The number of hydrogen-bond donors (Lipinski definition) is 0. The van der Waals surface area contributed by atoms with Crippen molar-refractivity contribution in [1.82, 2.24) is 0 Å². The van der Waals surface area contributed by atoms with E-state index in [2.05, 4.69) is 13.5 Å². The fourth-order valence-electron chi connectivity index (χ4n) is 1.27. The highest BCUT2D eigenvalue weighted by Crippen LogP contribution is 2.20. The summed E-state index contributed by atoms with van der Waals surface area (Å²) >= 11 is 1.56. The zero-order valence-electron chi connectivity index (χ0n) is 9.95. The lowest BCUT2D eigenvalue weighted by molar-refractivity contribution is 0.104. The standard InChI is InChI=1S/C14H18OS/c1-4-5-10-16-12(3)14(15)13-8-6-11(2)7-9-13/h6-9H,3-5,10H2,1-2H3. The fraction of sp³-hybridized carbons (Fsp3) is 0.357. The Hall–Kier alpha value is -1.02. The molecule has 0 amide bonds. The molecular formula is C14H18OS. The van der Waals surface area contributed by atoms with Crippen molar-refractivity contribution in [2.45, 2.75) is 26.7 Å². The Morgan fingerprint density at radius 2 is 1.94 bits per heavy atom. The van der Waals surface area contributed by atoms with Gasteiger partial charge in [0.2, 0.25) is 0 Å². The van der Waals surface area contributed by atoms with E-state index < -0.39 is 0 Å². The lowest BCUT2D eigenvalue weighted by Gasteiger charge is -2.04. The predicted molar refractivity (Wildman–Crippen MR) is 72.0 cm³/mol. The number of allylic oxidation sites excluding steroid dienone is 1. The van der Waals surface area contributed by atoms with E-state index in [9.17, 15) is 4.79 Å². The molecular weight excluding hydrogens is 216 g/mol. The summed E-state index contributed by atoms with van der Waals surface area (Å²) in [6.07, 6.45) is 2.28. The van der Waals surface area contributed by atoms with Gasteiger partial charge in [-0.15, -0.1) is 11.8 Å². The minimum atomic E-state index is 0.0566. The molecule has 0 unspecified atom stereocenters. The van der Waals surface area contributed by atoms with Crippen LogP contribution in [-0.2, 0) is 0 Å². The molecule has 0 heterocycles. The van der Waals surface area contributed by atoms with Crippen LogP contribution in [0.3, 0.4) is 0 Å². The fourth-order valence-corrected chi connectivity index (χ4v) is 2.20. The number of aryl methyl sites for hydroxylation is 1. The molecule has 0 saturated heterocycles. The van der Waals surface area contributed by atoms with Crippen molar-refractivity contribution in [1.29, 1.82) is 0 Å². The van der Waals surface area contributed by atoms with Gasteiger partial charge in [-0.25, -0.2) is 0 Å². The van der Waals surface area contributed by atoms with Crippen LogP contribution in [-0.4, -0.2) is 11.5 Å². The minimum absolute atomic E-state index is 0.0566. The molecule has 0 N–H and O–H groups in total. The molecule has 1 aromatic rings. The Kier molecular flexibility index (Phi) is 5.33. The molecule has 0 aromatic heterocycles. The monoisotopic (exact) mass is 234 g/mol. The molecule has 0 radical (unpaired) electrons. The van der Waals surface area contributed by atoms with Gasteiger partial charge >= 0.3 is 0 Å². The lowest BCUT2D eigenvalue weighted by atomic mass is 10.1. The maximum Gasteiger partial charge on any atom is 0.198 e. The van der Waals surface area contributed by atoms with E-state index in [-0.39, 0.29) is 5.78 Å². The van der Waals surface area contributed by atoms with Crippen molar-refractivity contribution in [2.75, 3.05) is 5.75 Å². The highest BCUT2D eigenvalue weighted by Gasteiger charge is 2.09. The summed E-state index contributed by atoms with van der Waals surface area (Å²) in [5, 5.41) is 0. The molecule has 0 aliphatic rings. The number of benzene rings is 1. The number of carbonyl (C=O) groups excluding carboxylic acids is 1. The van der Waals surface area contributed by atoms with Gasteiger partial charge in [0.15, 0.2) is 5.78 Å². The molecule has 1 aromatic carbocycles. The minimum Gasteiger partial charge on any atom is -0.288 e. The van der Waals surface area contributed by atoms with Crippen LogP contribution in [0.15, 0.2) is 35.7 Å². The number of unbranched alkanes of at least 4 members (excludes halogenated alkanes) is 1. The van der Waals surface area contributed by atoms with E-state index in [1.807, 2.05) is 31.2 Å². The van der Waals surface area contributed by atoms with Gasteiger partial charge in [0, 0.05) is 10.5 Å². The Morgan fingerprint density at radius 3 is 2.50 bits per heavy atom. The molecule has 2 heteroatoms. The molecule has 0 aliphatic heterocycles. The van der Waals surface area contributed by atoms with Crippen LogP contribution in [0, 0.1) is 6.92 Å². The van der Waals surface area contributed by atoms with Gasteiger partial charge in [-0.05, 0) is 19.1 Å². The summed E-state index contributed by atoms with van der Waals surface area (Å²) in [5.74, 6) is 1.04. The first-order chi connectivity index (χ1) is 7.65. The second kappa shape index (κ2) is 6.54. The van der Waals surface area contributed by atoms with Gasteiger partial charge in [0.05, 0.1) is 0 Å². The smallest absolute Gasteiger partial charge is 0.198 e. The van der Waals surface area contributed by atoms with Crippen LogP contribution in [0.2, 0.25) is 0 Å². The third-order valence-electron chi connectivity index (χ3n) is 2.34. The molecule has 0 atom stereocenters. The summed E-state index contributed by atoms with van der Waals surface area (Å²) in [6, 6.07) is 7.64. The summed E-state index contributed by atoms with van der Waals surface area (Å²) in [5.41, 5.74) is 1.90. The number of carbonyl (C=O) groups is 1. The van der Waals surface area contributed by atoms with Crippen LogP contribution in [0.5, 0.6) is 0 Å². The number of hydrogen-bond acceptors (Lipinski definition) is 2. The first-order valence-electron chi connectivity index (χ1n) is 5.58. The van der Waals surface area contributed by atoms with Gasteiger partial charge in [-0.3, -0.25) is 4.79 Å². The number of thioether (sulfide) groups is 1. The summed E-state index contributed by atoms with van der Waals surface area (Å²) in [6.45, 7) is 8.00. The van der Waals surface area contributed by atoms with Gasteiger partial charge in [-0.2, -0.15) is 0 Å². The second-order valence-corrected chi connectivity index (χ2v) is 5.01. The van der Waals surface area contributed by atoms with Crippen molar-refractivity contribution in [2.24, 2.45) is 0 Å². The Labute approximate surface area is 102 Å². The van der Waals surface area contributed by atoms with E-state index in [4.69, 9.17) is 0 Å². The lowest BCUT2D eigenvalue weighted by Crippen LogP contribution is -2.00. The van der Waals surface area contributed by atoms with Crippen molar-refractivity contribution >= 4 is 17.5 Å². The van der Waals surface area contributed by atoms with Gasteiger partial charge in [0.1, 0.15) is 0 Å². The van der Waals surface area contributed by atoms with Crippen molar-refractivity contribution in [3.8, 4) is 0 Å². The van der Waals surface area contributed by atoms with Crippen molar-refractivity contribution in [3.05, 3.63) is 46.9 Å². The molecule has 0 saturated carbocycles. The highest BCUT2D eigenvalue weighted by atomic mass is 32.2. The largest absolute Gasteiger partial charge is 0.288 e. The Morgan fingerprint density at radius 1 is 1.31 bits per heavy atom. The molecule has 1 rings (SSSR count). The first kappa shape index (κ1) is 13.0. The molecule has 1 nitrogen and oxygen atoms in total. The van der Waals surface area contributed by atoms with Gasteiger partial charge < -0.3 is 0 Å². The van der Waals surface area contributed by atoms with E-state index in [0.29, 0.717) is 4.91 Å². The van der Waals surface area contributed by atoms with Crippen LogP contribution < -0.4 is 0 Å². The van der Waals surface area contributed by atoms with Crippen LogP contribution in [0.4, 0.5) is 0 Å². The number of rotatable bonds is 6. The van der Waals surface area contributed by atoms with Crippen LogP contribution >= 0.6 is 11.8 Å². The van der Waals surface area contributed by atoms with Crippen molar-refractivity contribution in [3.63, 3.8) is 0 Å². The third-order valence-corrected chi connectivity index (χ3v) is 3.37. The quantitative estimate of drug-likeness (QED) is 0.416. The zero-order valence-corrected chi connectivity index (χ0v) is 10.8. The first-order valence-corrected chi connectivity index (χ1v) is 6.56. The van der Waals surface area contributed by atoms with Gasteiger partial charge in [0.25, 0.3) is 0 Å².